The first-order valence-electron chi connectivity index (χ1n) is 6.93. The summed E-state index contributed by atoms with van der Waals surface area (Å²) in [6.07, 6.45) is 2.89. The van der Waals surface area contributed by atoms with E-state index in [4.69, 9.17) is 5.11 Å². The van der Waals surface area contributed by atoms with E-state index in [9.17, 15) is 18.0 Å². The van der Waals surface area contributed by atoms with E-state index in [0.717, 1.165) is 6.26 Å². The largest absolute Gasteiger partial charge is 0.481 e. The molecule has 0 aromatic rings. The summed E-state index contributed by atoms with van der Waals surface area (Å²) in [4.78, 5) is 22.0. The van der Waals surface area contributed by atoms with Crippen molar-refractivity contribution in [3.63, 3.8) is 0 Å². The lowest BCUT2D eigenvalue weighted by molar-refractivity contribution is -0.137. The summed E-state index contributed by atoms with van der Waals surface area (Å²) in [5, 5.41) is 13.9. The Hall–Kier alpha value is -1.31. The molecule has 2 amide bonds. The van der Waals surface area contributed by atoms with Crippen molar-refractivity contribution in [3.8, 4) is 0 Å². The van der Waals surface area contributed by atoms with Crippen LogP contribution in [0, 0.1) is 5.41 Å². The third-order valence-electron chi connectivity index (χ3n) is 3.08. The first-order valence-corrected chi connectivity index (χ1v) is 8.99. The van der Waals surface area contributed by atoms with Crippen LogP contribution in [0.15, 0.2) is 0 Å². The number of carboxylic acid groups (broad SMARTS) is 1. The lowest BCUT2D eigenvalue weighted by Gasteiger charge is -2.23. The van der Waals surface area contributed by atoms with Crippen molar-refractivity contribution in [2.75, 3.05) is 25.1 Å². The lowest BCUT2D eigenvalue weighted by Crippen LogP contribution is -2.38. The summed E-state index contributed by atoms with van der Waals surface area (Å²) in [7, 11) is -2.99. The van der Waals surface area contributed by atoms with Crippen LogP contribution in [0.2, 0.25) is 0 Å². The second-order valence-electron chi connectivity index (χ2n) is 5.97. The highest BCUT2D eigenvalue weighted by Crippen LogP contribution is 2.25. The van der Waals surface area contributed by atoms with E-state index in [1.54, 1.807) is 0 Å². The fraction of sp³-hybridized carbons (Fsp3) is 0.846. The fourth-order valence-electron chi connectivity index (χ4n) is 1.68. The van der Waals surface area contributed by atoms with Crippen LogP contribution in [0.1, 0.15) is 39.5 Å². The van der Waals surface area contributed by atoms with E-state index >= 15 is 0 Å². The van der Waals surface area contributed by atoms with Crippen LogP contribution in [0.25, 0.3) is 0 Å². The molecule has 0 aliphatic carbocycles. The van der Waals surface area contributed by atoms with Gasteiger partial charge in [0.1, 0.15) is 9.84 Å². The highest BCUT2D eigenvalue weighted by atomic mass is 32.2. The van der Waals surface area contributed by atoms with Gasteiger partial charge < -0.3 is 15.7 Å². The Bertz CT molecular complexity index is 445. The predicted octanol–water partition coefficient (Wildman–Crippen LogP) is 1.00. The first kappa shape index (κ1) is 19.7. The molecule has 124 valence electrons. The molecule has 3 N–H and O–H groups in total. The van der Waals surface area contributed by atoms with Gasteiger partial charge in [-0.15, -0.1) is 0 Å². The molecule has 0 radical (unpaired) electrons. The number of carboxylic acids is 1. The van der Waals surface area contributed by atoms with Crippen molar-refractivity contribution in [1.29, 1.82) is 0 Å². The Morgan fingerprint density at radius 1 is 1.10 bits per heavy atom. The normalized spacial score (nSPS) is 12.0. The van der Waals surface area contributed by atoms with Gasteiger partial charge in [-0.05, 0) is 24.7 Å². The molecule has 0 atom stereocenters. The van der Waals surface area contributed by atoms with Crippen molar-refractivity contribution in [2.45, 2.75) is 39.5 Å². The number of urea groups is 1. The average Bonchev–Trinajstić information content (AvgIpc) is 2.31. The molecule has 0 aromatic carbocycles. The van der Waals surface area contributed by atoms with Crippen LogP contribution >= 0.6 is 0 Å². The topological polar surface area (TPSA) is 113 Å². The Morgan fingerprint density at radius 3 is 2.19 bits per heavy atom. The molecular weight excluding hydrogens is 296 g/mol. The van der Waals surface area contributed by atoms with Crippen LogP contribution in [0.4, 0.5) is 4.79 Å². The number of nitrogens with one attached hydrogen (secondary N) is 2. The molecule has 0 unspecified atom stereocenters. The van der Waals surface area contributed by atoms with Crippen LogP contribution in [0.3, 0.4) is 0 Å². The molecular formula is C13H26N2O5S. The van der Waals surface area contributed by atoms with Crippen molar-refractivity contribution in [2.24, 2.45) is 5.41 Å². The molecule has 0 saturated heterocycles. The Kier molecular flexibility index (Phi) is 8.31. The second kappa shape index (κ2) is 8.86. The lowest BCUT2D eigenvalue weighted by atomic mass is 9.84. The van der Waals surface area contributed by atoms with E-state index < -0.39 is 15.8 Å². The van der Waals surface area contributed by atoms with Gasteiger partial charge in [0.15, 0.2) is 0 Å². The van der Waals surface area contributed by atoms with E-state index in [-0.39, 0.29) is 23.6 Å². The maximum atomic E-state index is 11.5. The molecule has 0 heterocycles. The Labute approximate surface area is 126 Å². The second-order valence-corrected chi connectivity index (χ2v) is 8.23. The van der Waals surface area contributed by atoms with Crippen molar-refractivity contribution < 1.29 is 23.1 Å². The summed E-state index contributed by atoms with van der Waals surface area (Å²) in [5.41, 5.74) is -0.151. The van der Waals surface area contributed by atoms with Gasteiger partial charge >= 0.3 is 12.0 Å². The van der Waals surface area contributed by atoms with Gasteiger partial charge in [0.2, 0.25) is 0 Å². The minimum atomic E-state index is -2.99. The third kappa shape index (κ3) is 13.4. The van der Waals surface area contributed by atoms with Crippen molar-refractivity contribution >= 4 is 21.8 Å². The number of aliphatic carboxylic acids is 1. The summed E-state index contributed by atoms with van der Waals surface area (Å²) >= 11 is 0. The number of amides is 2. The molecule has 0 saturated carbocycles. The molecule has 0 aliphatic heterocycles. The average molecular weight is 322 g/mol. The van der Waals surface area contributed by atoms with Gasteiger partial charge in [-0.1, -0.05) is 13.8 Å². The van der Waals surface area contributed by atoms with E-state index in [1.165, 1.54) is 0 Å². The number of carbonyl (C=O) groups excluding carboxylic acids is 1. The number of rotatable bonds is 10. The molecule has 21 heavy (non-hydrogen) atoms. The van der Waals surface area contributed by atoms with Gasteiger partial charge in [-0.3, -0.25) is 4.79 Å². The highest BCUT2D eigenvalue weighted by molar-refractivity contribution is 7.90. The molecule has 0 rings (SSSR count). The van der Waals surface area contributed by atoms with Crippen LogP contribution in [0.5, 0.6) is 0 Å². The molecule has 0 bridgehead atoms. The molecule has 0 aliphatic rings. The zero-order valence-electron chi connectivity index (χ0n) is 12.9. The van der Waals surface area contributed by atoms with Crippen LogP contribution in [-0.2, 0) is 14.6 Å². The first-order chi connectivity index (χ1) is 9.52. The molecule has 8 heteroatoms. The third-order valence-corrected chi connectivity index (χ3v) is 4.11. The summed E-state index contributed by atoms with van der Waals surface area (Å²) in [5.74, 6) is -0.769. The number of hydrogen-bond donors (Lipinski definition) is 3. The van der Waals surface area contributed by atoms with E-state index in [1.807, 2.05) is 13.8 Å². The Morgan fingerprint density at radius 2 is 1.67 bits per heavy atom. The maximum Gasteiger partial charge on any atom is 0.314 e. The number of sulfone groups is 1. The zero-order chi connectivity index (χ0) is 16.5. The smallest absolute Gasteiger partial charge is 0.314 e. The van der Waals surface area contributed by atoms with Gasteiger partial charge in [-0.2, -0.15) is 0 Å². The summed E-state index contributed by atoms with van der Waals surface area (Å²) in [6, 6.07) is -0.336. The van der Waals surface area contributed by atoms with E-state index in [0.29, 0.717) is 32.4 Å². The number of hydrogen-bond acceptors (Lipinski definition) is 4. The summed E-state index contributed by atoms with van der Waals surface area (Å²) < 4.78 is 21.8. The van der Waals surface area contributed by atoms with E-state index in [2.05, 4.69) is 10.6 Å². The van der Waals surface area contributed by atoms with Gasteiger partial charge in [-0.25, -0.2) is 13.2 Å². The molecule has 0 aromatic heterocycles. The van der Waals surface area contributed by atoms with Crippen molar-refractivity contribution in [3.05, 3.63) is 0 Å². The van der Waals surface area contributed by atoms with Crippen LogP contribution in [-0.4, -0.2) is 50.6 Å². The molecule has 7 nitrogen and oxygen atoms in total. The van der Waals surface area contributed by atoms with Crippen LogP contribution < -0.4 is 10.6 Å². The van der Waals surface area contributed by atoms with Gasteiger partial charge in [0, 0.05) is 25.8 Å². The quantitative estimate of drug-likeness (QED) is 0.519. The minimum absolute atomic E-state index is 0.0511. The molecule has 0 spiro atoms. The standard InChI is InChI=1S/C13H26N2O5S/c1-13(2,6-5-11(16)17)7-9-15-12(18)14-8-4-10-21(3,19)20/h4-10H2,1-3H3,(H,16,17)(H2,14,15,18). The Balaban J connectivity index is 3.76. The predicted molar refractivity (Wildman–Crippen MR) is 81.0 cm³/mol. The van der Waals surface area contributed by atoms with Gasteiger partial charge in [0.25, 0.3) is 0 Å². The number of carbonyl (C=O) groups is 2. The maximum absolute atomic E-state index is 11.5. The zero-order valence-corrected chi connectivity index (χ0v) is 13.8. The minimum Gasteiger partial charge on any atom is -0.481 e. The molecule has 0 fully saturated rings. The van der Waals surface area contributed by atoms with Gasteiger partial charge in [0.05, 0.1) is 5.75 Å². The van der Waals surface area contributed by atoms with Crippen molar-refractivity contribution in [1.82, 2.24) is 10.6 Å². The monoisotopic (exact) mass is 322 g/mol. The fourth-order valence-corrected chi connectivity index (χ4v) is 2.35. The summed E-state index contributed by atoms with van der Waals surface area (Å²) in [6.45, 7) is 4.68. The highest BCUT2D eigenvalue weighted by Gasteiger charge is 2.19. The SMILES string of the molecule is CC(C)(CCNC(=O)NCCCS(C)(=O)=O)CCC(=O)O.